The summed E-state index contributed by atoms with van der Waals surface area (Å²) in [7, 11) is 0. The minimum absolute atomic E-state index is 1.18. The van der Waals surface area contributed by atoms with Crippen LogP contribution in [0.3, 0.4) is 0 Å². The van der Waals surface area contributed by atoms with E-state index in [-0.39, 0.29) is 0 Å². The summed E-state index contributed by atoms with van der Waals surface area (Å²) in [5.41, 5.74) is 8.67. The highest BCUT2D eigenvalue weighted by atomic mass is 15.0. The SMILES string of the molecule is Cc1ccc2c(c1)c(-c1ccccc1)c(-c1ccccc1)n2-c1ccccc1. The maximum atomic E-state index is 2.40. The highest BCUT2D eigenvalue weighted by Crippen LogP contribution is 2.42. The van der Waals surface area contributed by atoms with Crippen molar-refractivity contribution in [3.05, 3.63) is 115 Å². The average Bonchev–Trinajstić information content (AvgIpc) is 3.10. The van der Waals surface area contributed by atoms with Gasteiger partial charge in [-0.3, -0.25) is 0 Å². The standard InChI is InChI=1S/C27H21N/c1-20-17-18-25-24(19-20)26(21-11-5-2-6-12-21)27(22-13-7-3-8-14-22)28(25)23-15-9-4-10-16-23/h2-19H,1H3. The monoisotopic (exact) mass is 359 g/mol. The van der Waals surface area contributed by atoms with Gasteiger partial charge >= 0.3 is 0 Å². The highest BCUT2D eigenvalue weighted by Gasteiger charge is 2.20. The summed E-state index contributed by atoms with van der Waals surface area (Å²) in [5.74, 6) is 0. The molecule has 4 aromatic carbocycles. The largest absolute Gasteiger partial charge is 0.309 e. The Balaban J connectivity index is 1.98. The quantitative estimate of drug-likeness (QED) is 0.319. The van der Waals surface area contributed by atoms with Crippen LogP contribution in [0.4, 0.5) is 0 Å². The van der Waals surface area contributed by atoms with Crippen molar-refractivity contribution in [2.24, 2.45) is 0 Å². The van der Waals surface area contributed by atoms with Crippen molar-refractivity contribution in [1.29, 1.82) is 0 Å². The third-order valence-corrected chi connectivity index (χ3v) is 5.25. The Kier molecular flexibility index (Phi) is 4.06. The molecule has 1 nitrogen and oxygen atoms in total. The Bertz CT molecular complexity index is 1230. The van der Waals surface area contributed by atoms with Crippen LogP contribution >= 0.6 is 0 Å². The van der Waals surface area contributed by atoms with E-state index in [2.05, 4.69) is 121 Å². The predicted molar refractivity (Wildman–Crippen MR) is 119 cm³/mol. The molecule has 0 unspecified atom stereocenters. The first kappa shape index (κ1) is 16.6. The number of para-hydroxylation sites is 1. The van der Waals surface area contributed by atoms with E-state index in [1.165, 1.54) is 44.5 Å². The molecule has 0 saturated carbocycles. The van der Waals surface area contributed by atoms with Gasteiger partial charge in [-0.05, 0) is 42.3 Å². The summed E-state index contributed by atoms with van der Waals surface area (Å²) in [5, 5.41) is 1.29. The highest BCUT2D eigenvalue weighted by molar-refractivity contribution is 6.06. The van der Waals surface area contributed by atoms with E-state index < -0.39 is 0 Å². The number of rotatable bonds is 3. The first-order chi connectivity index (χ1) is 13.8. The molecule has 0 saturated heterocycles. The lowest BCUT2D eigenvalue weighted by molar-refractivity contribution is 1.13. The molecule has 0 aliphatic rings. The van der Waals surface area contributed by atoms with E-state index in [0.717, 1.165) is 0 Å². The molecule has 0 radical (unpaired) electrons. The zero-order valence-electron chi connectivity index (χ0n) is 15.8. The molecule has 0 spiro atoms. The van der Waals surface area contributed by atoms with Crippen LogP contribution in [0.1, 0.15) is 5.56 Å². The third kappa shape index (κ3) is 2.73. The molecule has 0 aliphatic heterocycles. The maximum absolute atomic E-state index is 2.40. The van der Waals surface area contributed by atoms with Crippen LogP contribution in [0.25, 0.3) is 39.0 Å². The molecule has 0 N–H and O–H groups in total. The maximum Gasteiger partial charge on any atom is 0.0619 e. The van der Waals surface area contributed by atoms with Gasteiger partial charge in [0.05, 0.1) is 11.2 Å². The fourth-order valence-electron chi connectivity index (χ4n) is 4.02. The van der Waals surface area contributed by atoms with E-state index >= 15 is 0 Å². The van der Waals surface area contributed by atoms with Gasteiger partial charge in [-0.25, -0.2) is 0 Å². The van der Waals surface area contributed by atoms with Crippen molar-refractivity contribution in [2.45, 2.75) is 6.92 Å². The topological polar surface area (TPSA) is 4.93 Å². The number of nitrogens with zero attached hydrogens (tertiary/aromatic N) is 1. The molecule has 28 heavy (non-hydrogen) atoms. The Labute approximate surface area is 165 Å². The van der Waals surface area contributed by atoms with E-state index in [4.69, 9.17) is 0 Å². The zero-order chi connectivity index (χ0) is 18.9. The number of hydrogen-bond acceptors (Lipinski definition) is 0. The van der Waals surface area contributed by atoms with Crippen molar-refractivity contribution in [3.63, 3.8) is 0 Å². The third-order valence-electron chi connectivity index (χ3n) is 5.25. The summed E-state index contributed by atoms with van der Waals surface area (Å²) in [6.07, 6.45) is 0. The summed E-state index contributed by atoms with van der Waals surface area (Å²) in [4.78, 5) is 0. The summed E-state index contributed by atoms with van der Waals surface area (Å²) >= 11 is 0. The van der Waals surface area contributed by atoms with Crippen molar-refractivity contribution in [3.8, 4) is 28.1 Å². The lowest BCUT2D eigenvalue weighted by atomic mass is 9.97. The summed E-state index contributed by atoms with van der Waals surface area (Å²) in [6.45, 7) is 2.16. The van der Waals surface area contributed by atoms with Crippen LogP contribution in [-0.4, -0.2) is 4.57 Å². The number of aryl methyl sites for hydroxylation is 1. The van der Waals surface area contributed by atoms with Gasteiger partial charge in [0.1, 0.15) is 0 Å². The van der Waals surface area contributed by atoms with Gasteiger partial charge < -0.3 is 4.57 Å². The van der Waals surface area contributed by atoms with Gasteiger partial charge in [0.2, 0.25) is 0 Å². The molecule has 0 aliphatic carbocycles. The van der Waals surface area contributed by atoms with Crippen molar-refractivity contribution in [2.75, 3.05) is 0 Å². The second-order valence-corrected chi connectivity index (χ2v) is 7.15. The van der Waals surface area contributed by atoms with Gasteiger partial charge in [-0.2, -0.15) is 0 Å². The molecule has 0 bridgehead atoms. The fraction of sp³-hybridized carbons (Fsp3) is 0.0370. The zero-order valence-corrected chi connectivity index (χ0v) is 15.8. The molecule has 0 atom stereocenters. The molecule has 5 aromatic rings. The second kappa shape index (κ2) is 6.86. The predicted octanol–water partition coefficient (Wildman–Crippen LogP) is 7.27. The molecule has 0 fully saturated rings. The molecule has 1 aromatic heterocycles. The Hall–Kier alpha value is -3.58. The fourth-order valence-corrected chi connectivity index (χ4v) is 4.02. The first-order valence-corrected chi connectivity index (χ1v) is 9.64. The van der Waals surface area contributed by atoms with E-state index in [1.54, 1.807) is 0 Å². The Morgan fingerprint density at radius 3 is 1.79 bits per heavy atom. The molecule has 134 valence electrons. The van der Waals surface area contributed by atoms with Crippen LogP contribution in [0.2, 0.25) is 0 Å². The Morgan fingerprint density at radius 2 is 1.14 bits per heavy atom. The van der Waals surface area contributed by atoms with Crippen LogP contribution in [0, 0.1) is 6.92 Å². The molecular weight excluding hydrogens is 338 g/mol. The van der Waals surface area contributed by atoms with Gasteiger partial charge in [0, 0.05) is 16.6 Å². The Morgan fingerprint density at radius 1 is 0.571 bits per heavy atom. The lowest BCUT2D eigenvalue weighted by Crippen LogP contribution is -1.97. The molecule has 1 heterocycles. The molecular formula is C27H21N. The second-order valence-electron chi connectivity index (χ2n) is 7.15. The van der Waals surface area contributed by atoms with E-state index in [9.17, 15) is 0 Å². The van der Waals surface area contributed by atoms with Gasteiger partial charge in [-0.15, -0.1) is 0 Å². The van der Waals surface area contributed by atoms with Crippen LogP contribution < -0.4 is 0 Å². The van der Waals surface area contributed by atoms with Gasteiger partial charge in [-0.1, -0.05) is 90.5 Å². The van der Waals surface area contributed by atoms with E-state index in [1.807, 2.05) is 0 Å². The van der Waals surface area contributed by atoms with Gasteiger partial charge in [0.25, 0.3) is 0 Å². The molecule has 0 amide bonds. The van der Waals surface area contributed by atoms with E-state index in [0.29, 0.717) is 0 Å². The minimum Gasteiger partial charge on any atom is -0.309 e. The van der Waals surface area contributed by atoms with Crippen molar-refractivity contribution >= 4 is 10.9 Å². The van der Waals surface area contributed by atoms with Crippen molar-refractivity contribution < 1.29 is 0 Å². The summed E-state index contributed by atoms with van der Waals surface area (Å²) < 4.78 is 2.40. The smallest absolute Gasteiger partial charge is 0.0619 e. The van der Waals surface area contributed by atoms with Crippen molar-refractivity contribution in [1.82, 2.24) is 4.57 Å². The van der Waals surface area contributed by atoms with Crippen LogP contribution in [0.15, 0.2) is 109 Å². The number of aromatic nitrogens is 1. The molecule has 1 heteroatoms. The number of hydrogen-bond donors (Lipinski definition) is 0. The van der Waals surface area contributed by atoms with Gasteiger partial charge in [0.15, 0.2) is 0 Å². The lowest BCUT2D eigenvalue weighted by Gasteiger charge is -2.13. The minimum atomic E-state index is 1.18. The van der Waals surface area contributed by atoms with Crippen LogP contribution in [0.5, 0.6) is 0 Å². The average molecular weight is 359 g/mol. The normalized spacial score (nSPS) is 11.0. The number of fused-ring (bicyclic) bond motifs is 1. The molecule has 5 rings (SSSR count). The first-order valence-electron chi connectivity index (χ1n) is 9.64. The summed E-state index contributed by atoms with van der Waals surface area (Å²) in [6, 6.07) is 38.8. The van der Waals surface area contributed by atoms with Crippen LogP contribution in [-0.2, 0) is 0 Å². The number of benzene rings is 4.